The lowest BCUT2D eigenvalue weighted by Gasteiger charge is -2.03. The lowest BCUT2D eigenvalue weighted by atomic mass is 10.7. The molecule has 4 nitrogen and oxygen atoms in total. The van der Waals surface area contributed by atoms with Gasteiger partial charge in [-0.1, -0.05) is 0 Å². The van der Waals surface area contributed by atoms with Crippen molar-refractivity contribution in [3.05, 3.63) is 18.6 Å². The van der Waals surface area contributed by atoms with Gasteiger partial charge >= 0.3 is 6.01 Å². The largest absolute Gasteiger partial charge is 0.459 e. The maximum atomic E-state index is 5.22. The van der Waals surface area contributed by atoms with Crippen LogP contribution in [0.2, 0.25) is 0 Å². The molecule has 2 rings (SSSR count). The van der Waals surface area contributed by atoms with Gasteiger partial charge in [0.2, 0.25) is 0 Å². The molecule has 0 radical (unpaired) electrons. The summed E-state index contributed by atoms with van der Waals surface area (Å²) in [6, 6.07) is 0.604. The molecule has 1 aliphatic heterocycles. The van der Waals surface area contributed by atoms with Crippen LogP contribution in [0.3, 0.4) is 0 Å². The average molecular weight is 149 g/mol. The molecular weight excluding hydrogens is 142 g/mol. The van der Waals surface area contributed by atoms with Crippen LogP contribution < -0.4 is 4.74 Å². The Labute approximate surface area is 63.8 Å². The van der Waals surface area contributed by atoms with Crippen molar-refractivity contribution in [1.82, 2.24) is 9.55 Å². The molecule has 0 bridgehead atoms. The molecule has 1 aliphatic rings. The van der Waals surface area contributed by atoms with Gasteiger partial charge in [-0.2, -0.15) is 0 Å². The topological polar surface area (TPSA) is 39.4 Å². The SMILES string of the molecule is C1=Cn2ccnc2OCC=N1. The second kappa shape index (κ2) is 2.57. The minimum Gasteiger partial charge on any atom is -0.459 e. The van der Waals surface area contributed by atoms with Crippen molar-refractivity contribution in [1.29, 1.82) is 0 Å². The minimum absolute atomic E-state index is 0.474. The third-order valence-electron chi connectivity index (χ3n) is 1.34. The van der Waals surface area contributed by atoms with E-state index in [1.165, 1.54) is 0 Å². The van der Waals surface area contributed by atoms with Crippen LogP contribution in [-0.4, -0.2) is 22.4 Å². The van der Waals surface area contributed by atoms with E-state index in [0.717, 1.165) is 0 Å². The Kier molecular flexibility index (Phi) is 1.44. The zero-order valence-electron chi connectivity index (χ0n) is 5.84. The lowest BCUT2D eigenvalue weighted by molar-refractivity contribution is 0.345. The molecule has 0 saturated carbocycles. The second-order valence-electron chi connectivity index (χ2n) is 2.06. The molecule has 0 fully saturated rings. The number of hydrogen-bond acceptors (Lipinski definition) is 3. The zero-order chi connectivity index (χ0) is 7.52. The molecule has 0 aliphatic carbocycles. The summed E-state index contributed by atoms with van der Waals surface area (Å²) in [6.45, 7) is 0.474. The summed E-state index contributed by atoms with van der Waals surface area (Å²) in [4.78, 5) is 7.92. The van der Waals surface area contributed by atoms with E-state index in [2.05, 4.69) is 9.98 Å². The molecule has 4 heteroatoms. The molecule has 0 spiro atoms. The Morgan fingerprint density at radius 3 is 3.55 bits per heavy atom. The van der Waals surface area contributed by atoms with E-state index in [0.29, 0.717) is 12.6 Å². The Morgan fingerprint density at radius 1 is 1.55 bits per heavy atom. The van der Waals surface area contributed by atoms with Crippen molar-refractivity contribution in [3.63, 3.8) is 0 Å². The van der Waals surface area contributed by atoms with Crippen LogP contribution in [-0.2, 0) is 0 Å². The maximum absolute atomic E-state index is 5.22. The predicted octanol–water partition coefficient (Wildman–Crippen LogP) is 0.774. The van der Waals surface area contributed by atoms with Crippen LogP contribution in [0.5, 0.6) is 6.01 Å². The maximum Gasteiger partial charge on any atom is 0.300 e. The number of ether oxygens (including phenoxy) is 1. The average Bonchev–Trinajstić information content (AvgIpc) is 2.35. The van der Waals surface area contributed by atoms with E-state index < -0.39 is 0 Å². The summed E-state index contributed by atoms with van der Waals surface area (Å²) in [5.41, 5.74) is 0. The fraction of sp³-hybridized carbons (Fsp3) is 0.143. The summed E-state index contributed by atoms with van der Waals surface area (Å²) in [7, 11) is 0. The zero-order valence-corrected chi connectivity index (χ0v) is 5.84. The Balaban J connectivity index is 2.39. The number of nitrogens with zero attached hydrogens (tertiary/aromatic N) is 3. The molecule has 56 valence electrons. The van der Waals surface area contributed by atoms with Gasteiger partial charge in [-0.25, -0.2) is 4.98 Å². The Hall–Kier alpha value is -1.58. The first kappa shape index (κ1) is 6.15. The number of aromatic nitrogens is 2. The highest BCUT2D eigenvalue weighted by Crippen LogP contribution is 2.08. The standard InChI is InChI=1S/C7H7N3O/c1-4-10-5-2-9-7(10)11-6-3-8-1/h1-5H,6H2. The van der Waals surface area contributed by atoms with Crippen LogP contribution in [0.25, 0.3) is 6.20 Å². The number of rotatable bonds is 0. The van der Waals surface area contributed by atoms with E-state index in [9.17, 15) is 0 Å². The van der Waals surface area contributed by atoms with Gasteiger partial charge in [-0.15, -0.1) is 0 Å². The van der Waals surface area contributed by atoms with Crippen molar-refractivity contribution >= 4 is 12.4 Å². The summed E-state index contributed by atoms with van der Waals surface area (Å²) in [5.74, 6) is 0. The van der Waals surface area contributed by atoms with E-state index >= 15 is 0 Å². The van der Waals surface area contributed by atoms with Crippen molar-refractivity contribution in [2.45, 2.75) is 0 Å². The number of fused-ring (bicyclic) bond motifs is 1. The normalized spacial score (nSPS) is 14.9. The highest BCUT2D eigenvalue weighted by atomic mass is 16.5. The third-order valence-corrected chi connectivity index (χ3v) is 1.34. The summed E-state index contributed by atoms with van der Waals surface area (Å²) in [6.07, 6.45) is 8.68. The summed E-state index contributed by atoms with van der Waals surface area (Å²) in [5, 5.41) is 0. The number of imidazole rings is 1. The Bertz CT molecular complexity index is 300. The summed E-state index contributed by atoms with van der Waals surface area (Å²) >= 11 is 0. The van der Waals surface area contributed by atoms with Gasteiger partial charge < -0.3 is 4.74 Å². The molecule has 0 atom stereocenters. The first-order valence-corrected chi connectivity index (χ1v) is 3.31. The predicted molar refractivity (Wildman–Crippen MR) is 41.5 cm³/mol. The monoisotopic (exact) mass is 149 g/mol. The van der Waals surface area contributed by atoms with Crippen LogP contribution in [0.1, 0.15) is 0 Å². The van der Waals surface area contributed by atoms with Crippen LogP contribution in [0.15, 0.2) is 23.6 Å². The minimum atomic E-state index is 0.474. The van der Waals surface area contributed by atoms with E-state index in [-0.39, 0.29) is 0 Å². The third kappa shape index (κ3) is 1.14. The van der Waals surface area contributed by atoms with Crippen molar-refractivity contribution in [2.75, 3.05) is 6.61 Å². The number of aliphatic imine (C=N–C) groups is 1. The molecule has 1 aromatic rings. The van der Waals surface area contributed by atoms with Gasteiger partial charge in [0.25, 0.3) is 0 Å². The first-order valence-electron chi connectivity index (χ1n) is 3.31. The van der Waals surface area contributed by atoms with Crippen LogP contribution in [0, 0.1) is 0 Å². The molecule has 1 aromatic heterocycles. The lowest BCUT2D eigenvalue weighted by Crippen LogP contribution is -2.03. The van der Waals surface area contributed by atoms with Crippen molar-refractivity contribution in [2.24, 2.45) is 4.99 Å². The fourth-order valence-corrected chi connectivity index (χ4v) is 0.851. The quantitative estimate of drug-likeness (QED) is 0.546. The molecule has 0 unspecified atom stereocenters. The van der Waals surface area contributed by atoms with Gasteiger partial charge in [0.05, 0.1) is 0 Å². The number of hydrogen-bond donors (Lipinski definition) is 0. The van der Waals surface area contributed by atoms with E-state index in [1.54, 1.807) is 29.4 Å². The Morgan fingerprint density at radius 2 is 2.55 bits per heavy atom. The highest BCUT2D eigenvalue weighted by molar-refractivity contribution is 5.60. The molecule has 0 aromatic carbocycles. The molecule has 0 N–H and O–H groups in total. The second-order valence-corrected chi connectivity index (χ2v) is 2.06. The van der Waals surface area contributed by atoms with Crippen LogP contribution in [0.4, 0.5) is 0 Å². The van der Waals surface area contributed by atoms with Crippen molar-refractivity contribution < 1.29 is 4.74 Å². The first-order chi connectivity index (χ1) is 5.47. The van der Waals surface area contributed by atoms with Crippen LogP contribution >= 0.6 is 0 Å². The van der Waals surface area contributed by atoms with Gasteiger partial charge in [-0.3, -0.25) is 9.56 Å². The summed E-state index contributed by atoms with van der Waals surface area (Å²) < 4.78 is 6.99. The van der Waals surface area contributed by atoms with Gasteiger partial charge in [0.15, 0.2) is 0 Å². The van der Waals surface area contributed by atoms with Gasteiger partial charge in [0.1, 0.15) is 6.61 Å². The van der Waals surface area contributed by atoms with E-state index in [1.807, 2.05) is 6.20 Å². The van der Waals surface area contributed by atoms with Gasteiger partial charge in [0, 0.05) is 31.0 Å². The fourth-order valence-electron chi connectivity index (χ4n) is 0.851. The highest BCUT2D eigenvalue weighted by Gasteiger charge is 1.99. The van der Waals surface area contributed by atoms with Crippen molar-refractivity contribution in [3.8, 4) is 6.01 Å². The smallest absolute Gasteiger partial charge is 0.300 e. The molecule has 11 heavy (non-hydrogen) atoms. The molecule has 0 saturated heterocycles. The van der Waals surface area contributed by atoms with Gasteiger partial charge in [-0.05, 0) is 0 Å². The molecule has 0 amide bonds. The van der Waals surface area contributed by atoms with E-state index in [4.69, 9.17) is 4.74 Å². The molecule has 2 heterocycles. The molecular formula is C7H7N3O.